The molecule has 0 spiro atoms. The zero-order valence-electron chi connectivity index (χ0n) is 10.8. The molecule has 0 fully saturated rings. The number of carbonyl (C=O) groups is 1. The molecule has 0 radical (unpaired) electrons. The average Bonchev–Trinajstić information content (AvgIpc) is 2.32. The number of halogens is 1. The maximum Gasteiger partial charge on any atom is 0.334 e. The molecule has 0 aliphatic heterocycles. The van der Waals surface area contributed by atoms with E-state index in [1.807, 2.05) is 11.9 Å². The summed E-state index contributed by atoms with van der Waals surface area (Å²) in [4.78, 5) is 13.3. The zero-order chi connectivity index (χ0) is 13.5. The van der Waals surface area contributed by atoms with Crippen LogP contribution in [0.1, 0.15) is 12.5 Å². The predicted molar refractivity (Wildman–Crippen MR) is 68.5 cm³/mol. The number of rotatable bonds is 6. The summed E-state index contributed by atoms with van der Waals surface area (Å²) < 4.78 is 17.6. The summed E-state index contributed by atoms with van der Waals surface area (Å²) in [6, 6.07) is 6.28. The minimum absolute atomic E-state index is 0.252. The van der Waals surface area contributed by atoms with E-state index >= 15 is 0 Å². The van der Waals surface area contributed by atoms with E-state index in [1.165, 1.54) is 12.1 Å². The number of likely N-dealkylation sites (N-methyl/N-ethyl adjacent to an activating group) is 1. The van der Waals surface area contributed by atoms with Gasteiger partial charge in [0.1, 0.15) is 5.82 Å². The molecule has 0 saturated carbocycles. The van der Waals surface area contributed by atoms with Crippen LogP contribution in [0, 0.1) is 5.82 Å². The minimum atomic E-state index is -0.372. The van der Waals surface area contributed by atoms with Crippen molar-refractivity contribution in [1.29, 1.82) is 0 Å². The van der Waals surface area contributed by atoms with E-state index in [0.717, 1.165) is 5.56 Å². The van der Waals surface area contributed by atoms with Crippen molar-refractivity contribution >= 4 is 5.97 Å². The fourth-order valence-electron chi connectivity index (χ4n) is 1.58. The molecule has 1 aromatic carbocycles. The highest BCUT2D eigenvalue weighted by atomic mass is 19.1. The first-order valence-corrected chi connectivity index (χ1v) is 5.80. The molecular formula is C14H18FNO2. The molecule has 98 valence electrons. The van der Waals surface area contributed by atoms with Gasteiger partial charge in [0.15, 0.2) is 0 Å². The zero-order valence-corrected chi connectivity index (χ0v) is 10.8. The Hall–Kier alpha value is -1.68. The molecule has 0 bridgehead atoms. The van der Waals surface area contributed by atoms with Crippen molar-refractivity contribution in [3.8, 4) is 0 Å². The minimum Gasteiger partial charge on any atom is -0.463 e. The second-order valence-corrected chi connectivity index (χ2v) is 4.12. The molecule has 1 aromatic rings. The van der Waals surface area contributed by atoms with Crippen LogP contribution in [-0.2, 0) is 16.1 Å². The molecular weight excluding hydrogens is 233 g/mol. The number of hydrogen-bond donors (Lipinski definition) is 0. The van der Waals surface area contributed by atoms with Crippen LogP contribution >= 0.6 is 0 Å². The Balaban J connectivity index is 2.46. The van der Waals surface area contributed by atoms with Crippen LogP contribution in [0.4, 0.5) is 4.39 Å². The third kappa shape index (κ3) is 4.67. The smallest absolute Gasteiger partial charge is 0.334 e. The summed E-state index contributed by atoms with van der Waals surface area (Å²) in [7, 11) is 1.87. The van der Waals surface area contributed by atoms with Crippen molar-refractivity contribution in [2.75, 3.05) is 20.2 Å². The van der Waals surface area contributed by atoms with Crippen LogP contribution in [0.25, 0.3) is 0 Å². The fraction of sp³-hybridized carbons (Fsp3) is 0.357. The molecule has 0 atom stereocenters. The summed E-state index contributed by atoms with van der Waals surface area (Å²) in [5.41, 5.74) is 1.40. The van der Waals surface area contributed by atoms with E-state index in [0.29, 0.717) is 25.3 Å². The SMILES string of the molecule is C=C(CN(C)Cc1ccc(F)cc1)C(=O)OCC. The van der Waals surface area contributed by atoms with Gasteiger partial charge < -0.3 is 4.74 Å². The van der Waals surface area contributed by atoms with Crippen LogP contribution in [0.2, 0.25) is 0 Å². The van der Waals surface area contributed by atoms with Crippen LogP contribution in [-0.4, -0.2) is 31.1 Å². The summed E-state index contributed by atoms with van der Waals surface area (Å²) in [6.07, 6.45) is 0. The van der Waals surface area contributed by atoms with Gasteiger partial charge in [0, 0.05) is 18.7 Å². The van der Waals surface area contributed by atoms with Crippen molar-refractivity contribution in [3.05, 3.63) is 47.8 Å². The predicted octanol–water partition coefficient (Wildman–Crippen LogP) is 2.38. The first kappa shape index (κ1) is 14.4. The van der Waals surface area contributed by atoms with E-state index in [-0.39, 0.29) is 11.8 Å². The average molecular weight is 251 g/mol. The summed E-state index contributed by atoms with van der Waals surface area (Å²) >= 11 is 0. The molecule has 0 aliphatic carbocycles. The second kappa shape index (κ2) is 6.91. The number of hydrogen-bond acceptors (Lipinski definition) is 3. The lowest BCUT2D eigenvalue weighted by molar-refractivity contribution is -0.138. The van der Waals surface area contributed by atoms with Crippen molar-refractivity contribution in [2.24, 2.45) is 0 Å². The third-order valence-electron chi connectivity index (χ3n) is 2.39. The summed E-state index contributed by atoms with van der Waals surface area (Å²) in [6.45, 7) is 6.85. The van der Waals surface area contributed by atoms with Gasteiger partial charge in [-0.2, -0.15) is 0 Å². The highest BCUT2D eigenvalue weighted by Gasteiger charge is 2.10. The standard InChI is InChI=1S/C14H18FNO2/c1-4-18-14(17)11(2)9-16(3)10-12-5-7-13(15)8-6-12/h5-8H,2,4,9-10H2,1,3H3. The Morgan fingerprint density at radius 1 is 1.39 bits per heavy atom. The molecule has 0 heterocycles. The molecule has 0 N–H and O–H groups in total. The number of benzene rings is 1. The molecule has 0 unspecified atom stereocenters. The lowest BCUT2D eigenvalue weighted by atomic mass is 10.2. The van der Waals surface area contributed by atoms with Crippen molar-refractivity contribution in [2.45, 2.75) is 13.5 Å². The molecule has 18 heavy (non-hydrogen) atoms. The van der Waals surface area contributed by atoms with E-state index < -0.39 is 0 Å². The number of esters is 1. The van der Waals surface area contributed by atoms with Gasteiger partial charge in [-0.25, -0.2) is 9.18 Å². The normalized spacial score (nSPS) is 10.4. The lowest BCUT2D eigenvalue weighted by Gasteiger charge is -2.17. The summed E-state index contributed by atoms with van der Waals surface area (Å²) in [5, 5.41) is 0. The topological polar surface area (TPSA) is 29.5 Å². The first-order chi connectivity index (χ1) is 8.52. The van der Waals surface area contributed by atoms with Crippen LogP contribution in [0.15, 0.2) is 36.4 Å². The molecule has 0 aliphatic rings. The maximum atomic E-state index is 12.7. The number of nitrogens with zero attached hydrogens (tertiary/aromatic N) is 1. The van der Waals surface area contributed by atoms with Gasteiger partial charge in [0.05, 0.1) is 6.61 Å². The monoisotopic (exact) mass is 251 g/mol. The van der Waals surface area contributed by atoms with Crippen LogP contribution < -0.4 is 0 Å². The van der Waals surface area contributed by atoms with Gasteiger partial charge in [-0.15, -0.1) is 0 Å². The largest absolute Gasteiger partial charge is 0.463 e. The molecule has 4 heteroatoms. The van der Waals surface area contributed by atoms with Gasteiger partial charge in [-0.05, 0) is 31.7 Å². The van der Waals surface area contributed by atoms with Gasteiger partial charge in [-0.1, -0.05) is 18.7 Å². The van der Waals surface area contributed by atoms with Crippen LogP contribution in [0.3, 0.4) is 0 Å². The Labute approximate surface area is 107 Å². The fourth-order valence-corrected chi connectivity index (χ4v) is 1.58. The molecule has 3 nitrogen and oxygen atoms in total. The number of ether oxygens (including phenoxy) is 1. The summed E-state index contributed by atoms with van der Waals surface area (Å²) in [5.74, 6) is -0.624. The Bertz CT molecular complexity index is 414. The van der Waals surface area contributed by atoms with E-state index in [2.05, 4.69) is 6.58 Å². The van der Waals surface area contributed by atoms with Crippen LogP contribution in [0.5, 0.6) is 0 Å². The molecule has 1 rings (SSSR count). The Morgan fingerprint density at radius 2 is 2.00 bits per heavy atom. The van der Waals surface area contributed by atoms with E-state index in [4.69, 9.17) is 4.74 Å². The number of carbonyl (C=O) groups excluding carboxylic acids is 1. The van der Waals surface area contributed by atoms with Crippen molar-refractivity contribution in [3.63, 3.8) is 0 Å². The Kier molecular flexibility index (Phi) is 5.52. The molecule has 0 amide bonds. The highest BCUT2D eigenvalue weighted by molar-refractivity contribution is 5.88. The first-order valence-electron chi connectivity index (χ1n) is 5.80. The van der Waals surface area contributed by atoms with Gasteiger partial charge in [0.2, 0.25) is 0 Å². The molecule has 0 saturated heterocycles. The lowest BCUT2D eigenvalue weighted by Crippen LogP contribution is -2.24. The van der Waals surface area contributed by atoms with E-state index in [1.54, 1.807) is 19.1 Å². The highest BCUT2D eigenvalue weighted by Crippen LogP contribution is 2.07. The van der Waals surface area contributed by atoms with Crippen molar-refractivity contribution in [1.82, 2.24) is 4.90 Å². The van der Waals surface area contributed by atoms with Gasteiger partial charge >= 0.3 is 5.97 Å². The Morgan fingerprint density at radius 3 is 2.56 bits per heavy atom. The van der Waals surface area contributed by atoms with E-state index in [9.17, 15) is 9.18 Å². The third-order valence-corrected chi connectivity index (χ3v) is 2.39. The van der Waals surface area contributed by atoms with Gasteiger partial charge in [-0.3, -0.25) is 4.90 Å². The van der Waals surface area contributed by atoms with Crippen molar-refractivity contribution < 1.29 is 13.9 Å². The van der Waals surface area contributed by atoms with Gasteiger partial charge in [0.25, 0.3) is 0 Å². The molecule has 0 aromatic heterocycles. The quantitative estimate of drug-likeness (QED) is 0.574. The maximum absolute atomic E-state index is 12.7. The second-order valence-electron chi connectivity index (χ2n) is 4.12.